The minimum absolute atomic E-state index is 0.0316. The number of hydrogen-bond acceptors (Lipinski definition) is 3. The number of nitrogens with one attached hydrogen (secondary N) is 2. The van der Waals surface area contributed by atoms with Gasteiger partial charge < -0.3 is 15.7 Å². The largest absolute Gasteiger partial charge is 0.394 e. The molecule has 0 saturated carbocycles. The third kappa shape index (κ3) is 5.85. The number of amides is 2. The molecular weight excluding hydrogens is 280 g/mol. The molecule has 2 amide bonds. The van der Waals surface area contributed by atoms with E-state index >= 15 is 0 Å². The fourth-order valence-corrected chi connectivity index (χ4v) is 2.11. The van der Waals surface area contributed by atoms with Crippen LogP contribution in [0.4, 0.5) is 0 Å². The maximum Gasteiger partial charge on any atom is 0.243 e. The zero-order chi connectivity index (χ0) is 16.5. The average Bonchev–Trinajstić information content (AvgIpc) is 2.50. The first-order valence-corrected chi connectivity index (χ1v) is 7.72. The lowest BCUT2D eigenvalue weighted by Gasteiger charge is -2.24. The molecule has 22 heavy (non-hydrogen) atoms. The van der Waals surface area contributed by atoms with E-state index in [1.54, 1.807) is 0 Å². The summed E-state index contributed by atoms with van der Waals surface area (Å²) in [5.74, 6) is -0.467. The lowest BCUT2D eigenvalue weighted by molar-refractivity contribution is -0.130. The Kier molecular flexibility index (Phi) is 7.60. The van der Waals surface area contributed by atoms with Crippen molar-refractivity contribution in [2.75, 3.05) is 6.61 Å². The van der Waals surface area contributed by atoms with Gasteiger partial charge in [0.15, 0.2) is 0 Å². The van der Waals surface area contributed by atoms with Crippen molar-refractivity contribution in [1.29, 1.82) is 0 Å². The van der Waals surface area contributed by atoms with Gasteiger partial charge in [0.05, 0.1) is 19.1 Å². The van der Waals surface area contributed by atoms with E-state index in [0.717, 1.165) is 5.56 Å². The molecule has 0 heterocycles. The van der Waals surface area contributed by atoms with E-state index in [1.807, 2.05) is 51.1 Å². The fraction of sp³-hybridized carbons (Fsp3) is 0.529. The summed E-state index contributed by atoms with van der Waals surface area (Å²) in [6.07, 6.45) is 0.888. The molecule has 0 radical (unpaired) electrons. The van der Waals surface area contributed by atoms with Crippen molar-refractivity contribution < 1.29 is 14.7 Å². The molecule has 3 N–H and O–H groups in total. The van der Waals surface area contributed by atoms with Gasteiger partial charge in [-0.3, -0.25) is 9.59 Å². The molecule has 0 fully saturated rings. The van der Waals surface area contributed by atoms with E-state index in [-0.39, 0.29) is 36.8 Å². The zero-order valence-corrected chi connectivity index (χ0v) is 13.5. The lowest BCUT2D eigenvalue weighted by Crippen LogP contribution is -2.53. The topological polar surface area (TPSA) is 78.4 Å². The van der Waals surface area contributed by atoms with Crippen molar-refractivity contribution in [2.45, 2.75) is 45.7 Å². The standard InChI is InChI=1S/C17H26N2O3/c1-4-14(11-20)18-17(22)16(12(2)3)19-15(21)10-13-8-6-5-7-9-13/h5-9,12,14,16,20H,4,10-11H2,1-3H3,(H,18,22)(H,19,21). The fourth-order valence-electron chi connectivity index (χ4n) is 2.11. The quantitative estimate of drug-likeness (QED) is 0.676. The van der Waals surface area contributed by atoms with E-state index in [1.165, 1.54) is 0 Å². The molecule has 0 aliphatic heterocycles. The van der Waals surface area contributed by atoms with Crippen LogP contribution in [0.15, 0.2) is 30.3 Å². The van der Waals surface area contributed by atoms with Crippen LogP contribution in [0.25, 0.3) is 0 Å². The minimum atomic E-state index is -0.600. The number of aliphatic hydroxyl groups excluding tert-OH is 1. The Balaban J connectivity index is 2.63. The predicted octanol–water partition coefficient (Wildman–Crippen LogP) is 1.26. The molecule has 1 aromatic carbocycles. The highest BCUT2D eigenvalue weighted by atomic mass is 16.3. The maximum atomic E-state index is 12.3. The molecule has 1 aromatic rings. The highest BCUT2D eigenvalue weighted by Gasteiger charge is 2.25. The molecular formula is C17H26N2O3. The van der Waals surface area contributed by atoms with Gasteiger partial charge in [-0.05, 0) is 17.9 Å². The third-order valence-corrected chi connectivity index (χ3v) is 3.53. The van der Waals surface area contributed by atoms with Gasteiger partial charge in [0.25, 0.3) is 0 Å². The van der Waals surface area contributed by atoms with Crippen molar-refractivity contribution in [2.24, 2.45) is 5.92 Å². The highest BCUT2D eigenvalue weighted by molar-refractivity contribution is 5.88. The number of carbonyl (C=O) groups is 2. The Labute approximate surface area is 132 Å². The second-order valence-electron chi connectivity index (χ2n) is 5.75. The van der Waals surface area contributed by atoms with Gasteiger partial charge in [-0.1, -0.05) is 51.1 Å². The summed E-state index contributed by atoms with van der Waals surface area (Å²) in [6, 6.07) is 8.53. The second-order valence-corrected chi connectivity index (χ2v) is 5.75. The van der Waals surface area contributed by atoms with Crippen LogP contribution >= 0.6 is 0 Å². The molecule has 0 saturated heterocycles. The zero-order valence-electron chi connectivity index (χ0n) is 13.5. The number of carbonyl (C=O) groups excluding carboxylic acids is 2. The van der Waals surface area contributed by atoms with Crippen LogP contribution in [0.5, 0.6) is 0 Å². The monoisotopic (exact) mass is 306 g/mol. The van der Waals surface area contributed by atoms with Gasteiger partial charge in [0.2, 0.25) is 11.8 Å². The molecule has 122 valence electrons. The molecule has 5 nitrogen and oxygen atoms in total. The van der Waals surface area contributed by atoms with E-state index in [9.17, 15) is 9.59 Å². The van der Waals surface area contributed by atoms with E-state index in [2.05, 4.69) is 10.6 Å². The van der Waals surface area contributed by atoms with Crippen molar-refractivity contribution in [3.63, 3.8) is 0 Å². The van der Waals surface area contributed by atoms with Crippen LogP contribution in [-0.2, 0) is 16.0 Å². The van der Waals surface area contributed by atoms with Gasteiger partial charge in [-0.15, -0.1) is 0 Å². The second kappa shape index (κ2) is 9.20. The minimum Gasteiger partial charge on any atom is -0.394 e. The maximum absolute atomic E-state index is 12.3. The van der Waals surface area contributed by atoms with Crippen LogP contribution < -0.4 is 10.6 Å². The number of hydrogen-bond donors (Lipinski definition) is 3. The van der Waals surface area contributed by atoms with Crippen molar-refractivity contribution in [1.82, 2.24) is 10.6 Å². The molecule has 0 aromatic heterocycles. The smallest absolute Gasteiger partial charge is 0.243 e. The van der Waals surface area contributed by atoms with E-state index < -0.39 is 6.04 Å². The summed E-state index contributed by atoms with van der Waals surface area (Å²) in [4.78, 5) is 24.4. The Morgan fingerprint density at radius 2 is 1.77 bits per heavy atom. The normalized spacial score (nSPS) is 13.5. The van der Waals surface area contributed by atoms with Crippen LogP contribution in [-0.4, -0.2) is 35.6 Å². The summed E-state index contributed by atoms with van der Waals surface area (Å²) in [5, 5.41) is 14.7. The first-order chi connectivity index (χ1) is 10.5. The van der Waals surface area contributed by atoms with Crippen molar-refractivity contribution in [3.8, 4) is 0 Å². The van der Waals surface area contributed by atoms with Gasteiger partial charge >= 0.3 is 0 Å². The summed E-state index contributed by atoms with van der Waals surface area (Å²) < 4.78 is 0. The molecule has 0 spiro atoms. The summed E-state index contributed by atoms with van der Waals surface area (Å²) in [5.41, 5.74) is 0.907. The first-order valence-electron chi connectivity index (χ1n) is 7.72. The molecule has 1 rings (SSSR count). The van der Waals surface area contributed by atoms with Gasteiger partial charge in [-0.25, -0.2) is 0 Å². The third-order valence-electron chi connectivity index (χ3n) is 3.53. The van der Waals surface area contributed by atoms with E-state index in [0.29, 0.717) is 6.42 Å². The number of aliphatic hydroxyl groups is 1. The summed E-state index contributed by atoms with van der Waals surface area (Å²) >= 11 is 0. The molecule has 2 unspecified atom stereocenters. The molecule has 2 atom stereocenters. The van der Waals surface area contributed by atoms with Crippen LogP contribution in [0, 0.1) is 5.92 Å². The Morgan fingerprint density at radius 3 is 2.27 bits per heavy atom. The SMILES string of the molecule is CCC(CO)NC(=O)C(NC(=O)Cc1ccccc1)C(C)C. The molecule has 0 aliphatic rings. The van der Waals surface area contributed by atoms with Crippen molar-refractivity contribution >= 4 is 11.8 Å². The average molecular weight is 306 g/mol. The van der Waals surface area contributed by atoms with Gasteiger partial charge in [0, 0.05) is 0 Å². The molecule has 0 bridgehead atoms. The molecule has 5 heteroatoms. The van der Waals surface area contributed by atoms with Crippen molar-refractivity contribution in [3.05, 3.63) is 35.9 Å². The highest BCUT2D eigenvalue weighted by Crippen LogP contribution is 2.05. The first kappa shape index (κ1) is 18.2. The molecule has 0 aliphatic carbocycles. The van der Waals surface area contributed by atoms with Gasteiger partial charge in [-0.2, -0.15) is 0 Å². The van der Waals surface area contributed by atoms with Crippen LogP contribution in [0.1, 0.15) is 32.8 Å². The summed E-state index contributed by atoms with van der Waals surface area (Å²) in [7, 11) is 0. The number of benzene rings is 1. The number of rotatable bonds is 8. The predicted molar refractivity (Wildman–Crippen MR) is 86.2 cm³/mol. The van der Waals surface area contributed by atoms with Crippen LogP contribution in [0.3, 0.4) is 0 Å². The summed E-state index contributed by atoms with van der Waals surface area (Å²) in [6.45, 7) is 5.55. The van der Waals surface area contributed by atoms with Crippen LogP contribution in [0.2, 0.25) is 0 Å². The van der Waals surface area contributed by atoms with Gasteiger partial charge in [0.1, 0.15) is 6.04 Å². The lowest BCUT2D eigenvalue weighted by atomic mass is 10.0. The Bertz CT molecular complexity index is 470. The Morgan fingerprint density at radius 1 is 1.14 bits per heavy atom. The van der Waals surface area contributed by atoms with E-state index in [4.69, 9.17) is 5.11 Å². The Hall–Kier alpha value is -1.88.